The highest BCUT2D eigenvalue weighted by atomic mass is 19.4. The molecule has 0 spiro atoms. The van der Waals surface area contributed by atoms with Crippen LogP contribution in [0.3, 0.4) is 0 Å². The van der Waals surface area contributed by atoms with E-state index in [1.54, 1.807) is 18.2 Å². The molecule has 0 aliphatic carbocycles. The fourth-order valence-electron chi connectivity index (χ4n) is 1.45. The topological polar surface area (TPSA) is 0 Å². The zero-order valence-electron chi connectivity index (χ0n) is 8.28. The van der Waals surface area contributed by atoms with Gasteiger partial charge in [0.25, 0.3) is 0 Å². The van der Waals surface area contributed by atoms with Crippen molar-refractivity contribution >= 4 is 0 Å². The van der Waals surface area contributed by atoms with Gasteiger partial charge in [0.15, 0.2) is 0 Å². The molecule has 1 aromatic carbocycles. The normalized spacial score (nSPS) is 11.8. The molecule has 0 heterocycles. The van der Waals surface area contributed by atoms with Gasteiger partial charge in [0.2, 0.25) is 0 Å². The smallest absolute Gasteiger partial charge is 0.171 e. The highest BCUT2D eigenvalue weighted by molar-refractivity contribution is 5.31. The Morgan fingerprint density at radius 3 is 2.36 bits per heavy atom. The van der Waals surface area contributed by atoms with Crippen molar-refractivity contribution in [1.29, 1.82) is 0 Å². The second-order valence-corrected chi connectivity index (χ2v) is 3.41. The largest absolute Gasteiger partial charge is 0.393 e. The quantitative estimate of drug-likeness (QED) is 0.686. The lowest BCUT2D eigenvalue weighted by atomic mass is 10.0. The molecular formula is C11H13F3. The first-order valence-corrected chi connectivity index (χ1v) is 4.57. The average Bonchev–Trinajstić information content (AvgIpc) is 2.06. The molecule has 0 aromatic heterocycles. The van der Waals surface area contributed by atoms with E-state index >= 15 is 0 Å². The molecule has 0 bridgehead atoms. The van der Waals surface area contributed by atoms with E-state index < -0.39 is 12.6 Å². The summed E-state index contributed by atoms with van der Waals surface area (Å²) in [7, 11) is 0. The van der Waals surface area contributed by atoms with Crippen molar-refractivity contribution < 1.29 is 13.2 Å². The molecule has 1 rings (SSSR count). The highest BCUT2D eigenvalue weighted by Crippen LogP contribution is 2.22. The third-order valence-electron chi connectivity index (χ3n) is 2.20. The maximum absolute atomic E-state index is 12.1. The molecule has 0 saturated carbocycles. The van der Waals surface area contributed by atoms with Gasteiger partial charge in [-0.2, -0.15) is 13.2 Å². The monoisotopic (exact) mass is 202 g/mol. The number of hydrogen-bond acceptors (Lipinski definition) is 0. The van der Waals surface area contributed by atoms with Crippen LogP contribution in [0.5, 0.6) is 0 Å². The Hall–Kier alpha value is -0.990. The maximum Gasteiger partial charge on any atom is 0.393 e. The number of hydrogen-bond donors (Lipinski definition) is 0. The first-order chi connectivity index (χ1) is 6.42. The molecule has 0 radical (unpaired) electrons. The van der Waals surface area contributed by atoms with Gasteiger partial charge in [-0.05, 0) is 30.0 Å². The minimum atomic E-state index is -4.11. The summed E-state index contributed by atoms with van der Waals surface area (Å²) in [5, 5.41) is 0. The van der Waals surface area contributed by atoms with Crippen molar-refractivity contribution in [2.75, 3.05) is 0 Å². The van der Waals surface area contributed by atoms with E-state index in [1.165, 1.54) is 0 Å². The molecule has 0 atom stereocenters. The number of rotatable bonds is 2. The summed E-state index contributed by atoms with van der Waals surface area (Å²) >= 11 is 0. The van der Waals surface area contributed by atoms with Crippen molar-refractivity contribution in [1.82, 2.24) is 0 Å². The summed E-state index contributed by atoms with van der Waals surface area (Å²) in [6.07, 6.45) is -4.17. The van der Waals surface area contributed by atoms with Crippen LogP contribution < -0.4 is 0 Å². The van der Waals surface area contributed by atoms with Gasteiger partial charge in [-0.15, -0.1) is 0 Å². The Balaban J connectivity index is 2.90. The van der Waals surface area contributed by atoms with Crippen LogP contribution in [0.1, 0.15) is 23.6 Å². The van der Waals surface area contributed by atoms with Crippen molar-refractivity contribution in [2.45, 2.75) is 32.9 Å². The van der Waals surface area contributed by atoms with Crippen LogP contribution in [0.15, 0.2) is 18.2 Å². The van der Waals surface area contributed by atoms with Gasteiger partial charge in [0.05, 0.1) is 6.42 Å². The van der Waals surface area contributed by atoms with Gasteiger partial charge in [0, 0.05) is 0 Å². The first kappa shape index (κ1) is 11.1. The zero-order valence-corrected chi connectivity index (χ0v) is 8.28. The SMILES string of the molecule is CCc1cc(CC(F)(F)F)ccc1C. The van der Waals surface area contributed by atoms with Gasteiger partial charge in [-0.25, -0.2) is 0 Å². The third kappa shape index (κ3) is 3.05. The summed E-state index contributed by atoms with van der Waals surface area (Å²) in [6, 6.07) is 4.94. The van der Waals surface area contributed by atoms with Crippen LogP contribution >= 0.6 is 0 Å². The van der Waals surface area contributed by atoms with Gasteiger partial charge in [0.1, 0.15) is 0 Å². The molecular weight excluding hydrogens is 189 g/mol. The van der Waals surface area contributed by atoms with Crippen LogP contribution in [0.25, 0.3) is 0 Å². The van der Waals surface area contributed by atoms with E-state index in [4.69, 9.17) is 0 Å². The second kappa shape index (κ2) is 4.03. The van der Waals surface area contributed by atoms with Crippen LogP contribution in [0.2, 0.25) is 0 Å². The van der Waals surface area contributed by atoms with Crippen LogP contribution in [0, 0.1) is 6.92 Å². The minimum absolute atomic E-state index is 0.347. The number of aryl methyl sites for hydroxylation is 2. The van der Waals surface area contributed by atoms with Gasteiger partial charge in [-0.3, -0.25) is 0 Å². The lowest BCUT2D eigenvalue weighted by Gasteiger charge is -2.09. The van der Waals surface area contributed by atoms with Crippen molar-refractivity contribution in [3.05, 3.63) is 34.9 Å². The molecule has 0 saturated heterocycles. The van der Waals surface area contributed by atoms with Gasteiger partial charge in [-0.1, -0.05) is 25.1 Å². The molecule has 0 N–H and O–H groups in total. The van der Waals surface area contributed by atoms with E-state index in [-0.39, 0.29) is 0 Å². The highest BCUT2D eigenvalue weighted by Gasteiger charge is 2.27. The molecule has 0 nitrogen and oxygen atoms in total. The van der Waals surface area contributed by atoms with Crippen LogP contribution in [-0.4, -0.2) is 6.18 Å². The summed E-state index contributed by atoms with van der Waals surface area (Å²) in [5.74, 6) is 0. The summed E-state index contributed by atoms with van der Waals surface area (Å²) in [6.45, 7) is 3.86. The van der Waals surface area contributed by atoms with Gasteiger partial charge < -0.3 is 0 Å². The van der Waals surface area contributed by atoms with Crippen molar-refractivity contribution in [3.8, 4) is 0 Å². The van der Waals surface area contributed by atoms with E-state index in [2.05, 4.69) is 0 Å². The van der Waals surface area contributed by atoms with E-state index in [9.17, 15) is 13.2 Å². The molecule has 0 unspecified atom stereocenters. The number of benzene rings is 1. The first-order valence-electron chi connectivity index (χ1n) is 4.57. The lowest BCUT2D eigenvalue weighted by Crippen LogP contribution is -2.11. The van der Waals surface area contributed by atoms with Crippen molar-refractivity contribution in [3.63, 3.8) is 0 Å². The Morgan fingerprint density at radius 2 is 1.86 bits per heavy atom. The maximum atomic E-state index is 12.1. The molecule has 3 heteroatoms. The molecule has 0 fully saturated rings. The standard InChI is InChI=1S/C11H13F3/c1-3-10-6-9(5-4-8(10)2)7-11(12,13)14/h4-6H,3,7H2,1-2H3. The second-order valence-electron chi connectivity index (χ2n) is 3.41. The summed E-state index contributed by atoms with van der Waals surface area (Å²) in [5.41, 5.74) is 2.39. The summed E-state index contributed by atoms with van der Waals surface area (Å²) < 4.78 is 36.2. The van der Waals surface area contributed by atoms with E-state index in [0.29, 0.717) is 5.56 Å². The molecule has 14 heavy (non-hydrogen) atoms. The third-order valence-corrected chi connectivity index (χ3v) is 2.20. The molecule has 0 amide bonds. The Bertz CT molecular complexity index is 313. The van der Waals surface area contributed by atoms with Crippen molar-refractivity contribution in [2.24, 2.45) is 0 Å². The number of alkyl halides is 3. The fourth-order valence-corrected chi connectivity index (χ4v) is 1.45. The predicted octanol–water partition coefficient (Wildman–Crippen LogP) is 3.66. The minimum Gasteiger partial charge on any atom is -0.171 e. The summed E-state index contributed by atoms with van der Waals surface area (Å²) in [4.78, 5) is 0. The average molecular weight is 202 g/mol. The van der Waals surface area contributed by atoms with E-state index in [1.807, 2.05) is 13.8 Å². The zero-order chi connectivity index (χ0) is 10.8. The lowest BCUT2D eigenvalue weighted by molar-refractivity contribution is -0.127. The molecule has 0 aliphatic heterocycles. The predicted molar refractivity (Wildman–Crippen MR) is 50.3 cm³/mol. The molecule has 0 aliphatic rings. The Morgan fingerprint density at radius 1 is 1.21 bits per heavy atom. The number of halogens is 3. The van der Waals surface area contributed by atoms with Crippen LogP contribution in [0.4, 0.5) is 13.2 Å². The molecule has 1 aromatic rings. The van der Waals surface area contributed by atoms with Gasteiger partial charge >= 0.3 is 6.18 Å². The Labute approximate surface area is 81.8 Å². The van der Waals surface area contributed by atoms with Crippen LogP contribution in [-0.2, 0) is 12.8 Å². The molecule has 78 valence electrons. The fraction of sp³-hybridized carbons (Fsp3) is 0.455. The Kier molecular flexibility index (Phi) is 3.19. The van der Waals surface area contributed by atoms with E-state index in [0.717, 1.165) is 17.5 Å².